The van der Waals surface area contributed by atoms with Crippen LogP contribution in [-0.4, -0.2) is 22.6 Å². The highest BCUT2D eigenvalue weighted by Gasteiger charge is 2.16. The number of nitro benzene ring substituents is 1. The van der Waals surface area contributed by atoms with Gasteiger partial charge in [-0.15, -0.1) is 0 Å². The number of hydrogen-bond donors (Lipinski definition) is 1. The molecule has 1 N–H and O–H groups in total. The van der Waals surface area contributed by atoms with Crippen LogP contribution in [0.3, 0.4) is 0 Å². The van der Waals surface area contributed by atoms with Gasteiger partial charge in [0.25, 0.3) is 5.69 Å². The Morgan fingerprint density at radius 1 is 1.60 bits per heavy atom. The Bertz CT molecular complexity index is 406. The van der Waals surface area contributed by atoms with Crippen LogP contribution in [0.2, 0.25) is 0 Å². The van der Waals surface area contributed by atoms with Crippen molar-refractivity contribution in [1.29, 1.82) is 0 Å². The lowest BCUT2D eigenvalue weighted by atomic mass is 10.3. The summed E-state index contributed by atoms with van der Waals surface area (Å²) in [7, 11) is 0. The number of nitrogens with zero attached hydrogens (tertiary/aromatic N) is 1. The maximum absolute atomic E-state index is 10.5. The van der Waals surface area contributed by atoms with E-state index in [1.807, 2.05) is 0 Å². The van der Waals surface area contributed by atoms with Crippen LogP contribution in [0.4, 0.5) is 5.69 Å². The summed E-state index contributed by atoms with van der Waals surface area (Å²) in [4.78, 5) is 20.2. The molecule has 0 aliphatic rings. The van der Waals surface area contributed by atoms with Gasteiger partial charge in [0.05, 0.1) is 4.92 Å². The predicted octanol–water partition coefficient (Wildman–Crippen LogP) is 1.82. The fraction of sp³-hybridized carbons (Fsp3) is 0.125. The molecule has 1 rings (SSSR count). The van der Waals surface area contributed by atoms with E-state index in [0.717, 1.165) is 0 Å². The first-order valence-electron chi connectivity index (χ1n) is 3.80. The van der Waals surface area contributed by atoms with Gasteiger partial charge in [-0.3, -0.25) is 10.1 Å². The van der Waals surface area contributed by atoms with E-state index in [1.54, 1.807) is 0 Å². The predicted molar refractivity (Wildman–Crippen MR) is 53.9 cm³/mol. The van der Waals surface area contributed by atoms with Crippen molar-refractivity contribution >= 4 is 27.6 Å². The van der Waals surface area contributed by atoms with Crippen LogP contribution in [0, 0.1) is 10.1 Å². The Kier molecular flexibility index (Phi) is 3.62. The van der Waals surface area contributed by atoms with Crippen molar-refractivity contribution in [3.63, 3.8) is 0 Å². The zero-order valence-electron chi connectivity index (χ0n) is 7.34. The van der Waals surface area contributed by atoms with Gasteiger partial charge in [0.1, 0.15) is 10.2 Å². The molecule has 1 aromatic carbocycles. The number of carboxylic acids is 1. The molecule has 0 heterocycles. The van der Waals surface area contributed by atoms with E-state index < -0.39 is 17.5 Å². The lowest BCUT2D eigenvalue weighted by Crippen LogP contribution is -2.09. The molecule has 15 heavy (non-hydrogen) atoms. The maximum atomic E-state index is 10.5. The summed E-state index contributed by atoms with van der Waals surface area (Å²) >= 11 is 2.97. The first-order valence-corrected chi connectivity index (χ1v) is 4.59. The first kappa shape index (κ1) is 11.4. The van der Waals surface area contributed by atoms with E-state index >= 15 is 0 Å². The molecule has 0 radical (unpaired) electrons. The molecule has 0 atom stereocenters. The summed E-state index contributed by atoms with van der Waals surface area (Å²) in [5.74, 6) is -1.01. The second-order valence-corrected chi connectivity index (χ2v) is 3.32. The molecule has 0 aromatic heterocycles. The van der Waals surface area contributed by atoms with E-state index in [9.17, 15) is 14.9 Å². The smallest absolute Gasteiger partial charge is 0.341 e. The highest BCUT2D eigenvalue weighted by atomic mass is 79.9. The van der Waals surface area contributed by atoms with Crippen LogP contribution in [0.1, 0.15) is 0 Å². The van der Waals surface area contributed by atoms with Crippen molar-refractivity contribution in [3.05, 3.63) is 32.8 Å². The summed E-state index contributed by atoms with van der Waals surface area (Å²) in [5.41, 5.74) is -0.169. The minimum absolute atomic E-state index is 0.131. The number of rotatable bonds is 4. The molecule has 0 fully saturated rings. The van der Waals surface area contributed by atoms with E-state index in [2.05, 4.69) is 15.9 Å². The van der Waals surface area contributed by atoms with Gasteiger partial charge in [0, 0.05) is 6.07 Å². The Morgan fingerprint density at radius 2 is 2.27 bits per heavy atom. The van der Waals surface area contributed by atoms with E-state index in [0.29, 0.717) is 0 Å². The van der Waals surface area contributed by atoms with Crippen LogP contribution in [-0.2, 0) is 4.79 Å². The molecule has 0 amide bonds. The average molecular weight is 276 g/mol. The lowest BCUT2D eigenvalue weighted by Gasteiger charge is -2.05. The minimum atomic E-state index is -1.14. The number of ether oxygens (including phenoxy) is 1. The van der Waals surface area contributed by atoms with E-state index in [-0.39, 0.29) is 15.9 Å². The number of hydrogen-bond acceptors (Lipinski definition) is 4. The van der Waals surface area contributed by atoms with Gasteiger partial charge in [-0.2, -0.15) is 0 Å². The van der Waals surface area contributed by atoms with Crippen LogP contribution < -0.4 is 4.74 Å². The molecule has 0 bridgehead atoms. The third-order valence-corrected chi connectivity index (χ3v) is 2.29. The lowest BCUT2D eigenvalue weighted by molar-refractivity contribution is -0.385. The summed E-state index contributed by atoms with van der Waals surface area (Å²) < 4.78 is 4.97. The second kappa shape index (κ2) is 4.74. The normalized spacial score (nSPS) is 9.67. The Labute approximate surface area is 92.8 Å². The number of benzene rings is 1. The summed E-state index contributed by atoms with van der Waals surface area (Å²) in [5, 5.41) is 18.9. The van der Waals surface area contributed by atoms with Gasteiger partial charge >= 0.3 is 5.97 Å². The Balaban J connectivity index is 2.94. The molecular weight excluding hydrogens is 270 g/mol. The van der Waals surface area contributed by atoms with Crippen LogP contribution in [0.15, 0.2) is 22.7 Å². The molecule has 7 heteroatoms. The molecule has 1 aromatic rings. The van der Waals surface area contributed by atoms with Crippen molar-refractivity contribution in [3.8, 4) is 5.75 Å². The van der Waals surface area contributed by atoms with Gasteiger partial charge in [0.2, 0.25) is 0 Å². The average Bonchev–Trinajstić information content (AvgIpc) is 2.15. The molecule has 0 aliphatic heterocycles. The standard InChI is InChI=1S/C8H6BrNO5/c9-8-5(10(13)14)2-1-3-6(8)15-4-7(11)12/h1-3H,4H2,(H,11,12). The second-order valence-electron chi connectivity index (χ2n) is 2.53. The molecule has 0 saturated heterocycles. The third-order valence-electron chi connectivity index (χ3n) is 1.49. The quantitative estimate of drug-likeness (QED) is 0.669. The number of halogens is 1. The molecule has 0 saturated carbocycles. The van der Waals surface area contributed by atoms with Crippen molar-refractivity contribution in [2.24, 2.45) is 0 Å². The Morgan fingerprint density at radius 3 is 2.80 bits per heavy atom. The van der Waals surface area contributed by atoms with E-state index in [1.165, 1.54) is 18.2 Å². The summed E-state index contributed by atoms with van der Waals surface area (Å²) in [6.45, 7) is -0.542. The number of aliphatic carboxylic acids is 1. The molecular formula is C8H6BrNO5. The largest absolute Gasteiger partial charge is 0.480 e. The SMILES string of the molecule is O=C(O)COc1cccc([N+](=O)[O-])c1Br. The molecule has 0 unspecified atom stereocenters. The highest BCUT2D eigenvalue weighted by molar-refractivity contribution is 9.10. The fourth-order valence-corrected chi connectivity index (χ4v) is 1.41. The number of carboxylic acid groups (broad SMARTS) is 1. The van der Waals surface area contributed by atoms with Crippen molar-refractivity contribution < 1.29 is 19.6 Å². The molecule has 0 aliphatic carbocycles. The van der Waals surface area contributed by atoms with E-state index in [4.69, 9.17) is 9.84 Å². The zero-order chi connectivity index (χ0) is 11.4. The third kappa shape index (κ3) is 2.91. The number of nitro groups is 1. The van der Waals surface area contributed by atoms with Gasteiger partial charge in [-0.1, -0.05) is 6.07 Å². The van der Waals surface area contributed by atoms with Crippen LogP contribution >= 0.6 is 15.9 Å². The molecule has 6 nitrogen and oxygen atoms in total. The molecule has 80 valence electrons. The van der Waals surface area contributed by atoms with Gasteiger partial charge < -0.3 is 9.84 Å². The van der Waals surface area contributed by atoms with Crippen LogP contribution in [0.25, 0.3) is 0 Å². The molecule has 0 spiro atoms. The zero-order valence-corrected chi connectivity index (χ0v) is 8.93. The summed E-state index contributed by atoms with van der Waals surface area (Å²) in [6, 6.07) is 4.15. The maximum Gasteiger partial charge on any atom is 0.341 e. The van der Waals surface area contributed by atoms with Gasteiger partial charge in [-0.25, -0.2) is 4.79 Å². The summed E-state index contributed by atoms with van der Waals surface area (Å²) in [6.07, 6.45) is 0. The topological polar surface area (TPSA) is 89.7 Å². The van der Waals surface area contributed by atoms with Gasteiger partial charge in [-0.05, 0) is 22.0 Å². The van der Waals surface area contributed by atoms with Crippen LogP contribution in [0.5, 0.6) is 5.75 Å². The van der Waals surface area contributed by atoms with Crippen molar-refractivity contribution in [2.75, 3.05) is 6.61 Å². The monoisotopic (exact) mass is 275 g/mol. The first-order chi connectivity index (χ1) is 7.02. The van der Waals surface area contributed by atoms with Gasteiger partial charge in [0.15, 0.2) is 6.61 Å². The minimum Gasteiger partial charge on any atom is -0.480 e. The number of carbonyl (C=O) groups is 1. The fourth-order valence-electron chi connectivity index (χ4n) is 0.891. The van der Waals surface area contributed by atoms with Crippen molar-refractivity contribution in [1.82, 2.24) is 0 Å². The van der Waals surface area contributed by atoms with Crippen molar-refractivity contribution in [2.45, 2.75) is 0 Å². The Hall–Kier alpha value is -1.63. The highest BCUT2D eigenvalue weighted by Crippen LogP contribution is 2.33.